The summed E-state index contributed by atoms with van der Waals surface area (Å²) >= 11 is 0. The third kappa shape index (κ3) is 4.09. The fourth-order valence-corrected chi connectivity index (χ4v) is 2.04. The molecule has 0 heterocycles. The minimum absolute atomic E-state index is 0.425. The van der Waals surface area contributed by atoms with Gasteiger partial charge in [0.1, 0.15) is 5.54 Å². The number of likely N-dealkylation sites (N-methyl/N-ethyl adjacent to an activating group) is 1. The van der Waals surface area contributed by atoms with E-state index in [9.17, 15) is 0 Å². The Bertz CT molecular complexity index is 254. The summed E-state index contributed by atoms with van der Waals surface area (Å²) in [7, 11) is 6.20. The highest BCUT2D eigenvalue weighted by atomic mass is 15.1. The topological polar surface area (TPSA) is 56.3 Å². The second kappa shape index (κ2) is 5.62. The molecule has 0 saturated heterocycles. The van der Waals surface area contributed by atoms with Crippen molar-refractivity contribution in [1.82, 2.24) is 9.80 Å². The van der Waals surface area contributed by atoms with Gasteiger partial charge in [0.25, 0.3) is 0 Å². The van der Waals surface area contributed by atoms with Crippen LogP contribution in [0.2, 0.25) is 0 Å². The van der Waals surface area contributed by atoms with Crippen molar-refractivity contribution in [3.63, 3.8) is 0 Å². The van der Waals surface area contributed by atoms with Crippen LogP contribution in [0.15, 0.2) is 0 Å². The molecule has 0 amide bonds. The molecule has 16 heavy (non-hydrogen) atoms. The summed E-state index contributed by atoms with van der Waals surface area (Å²) in [5.74, 6) is 0.425. The van der Waals surface area contributed by atoms with Crippen LogP contribution in [0.4, 0.5) is 0 Å². The summed E-state index contributed by atoms with van der Waals surface area (Å²) in [6, 6.07) is 2.30. The molecule has 2 N–H and O–H groups in total. The fraction of sp³-hybridized carbons (Fsp3) is 0.917. The molecule has 0 aromatic rings. The van der Waals surface area contributed by atoms with Crippen molar-refractivity contribution in [2.24, 2.45) is 11.7 Å². The first-order valence-electron chi connectivity index (χ1n) is 6.01. The number of nitrogens with two attached hydrogens (primary N) is 1. The van der Waals surface area contributed by atoms with Gasteiger partial charge in [-0.2, -0.15) is 5.26 Å². The number of nitriles is 1. The van der Waals surface area contributed by atoms with Gasteiger partial charge < -0.3 is 15.5 Å². The zero-order chi connectivity index (χ0) is 12.2. The lowest BCUT2D eigenvalue weighted by Crippen LogP contribution is -2.50. The molecular formula is C12H24N4. The first kappa shape index (κ1) is 13.4. The number of rotatable bonds is 7. The minimum Gasteiger partial charge on any atom is -0.312 e. The molecular weight excluding hydrogens is 200 g/mol. The third-order valence-corrected chi connectivity index (χ3v) is 3.19. The molecule has 1 fully saturated rings. The molecule has 0 aromatic carbocycles. The van der Waals surface area contributed by atoms with E-state index < -0.39 is 5.54 Å². The summed E-state index contributed by atoms with van der Waals surface area (Å²) in [5, 5.41) is 9.15. The monoisotopic (exact) mass is 224 g/mol. The Balaban J connectivity index is 2.27. The van der Waals surface area contributed by atoms with Crippen LogP contribution in [0.1, 0.15) is 19.3 Å². The predicted molar refractivity (Wildman–Crippen MR) is 65.9 cm³/mol. The lowest BCUT2D eigenvalue weighted by molar-refractivity contribution is 0.249. The molecule has 1 aliphatic carbocycles. The van der Waals surface area contributed by atoms with E-state index in [4.69, 9.17) is 11.0 Å². The molecule has 0 aliphatic heterocycles. The maximum atomic E-state index is 9.15. The lowest BCUT2D eigenvalue weighted by Gasteiger charge is -2.28. The highest BCUT2D eigenvalue weighted by Gasteiger charge is 2.43. The summed E-state index contributed by atoms with van der Waals surface area (Å²) in [6.45, 7) is 2.78. The molecule has 0 spiro atoms. The maximum Gasteiger partial charge on any atom is 0.119 e. The van der Waals surface area contributed by atoms with Crippen molar-refractivity contribution < 1.29 is 0 Å². The van der Waals surface area contributed by atoms with E-state index in [-0.39, 0.29) is 0 Å². The van der Waals surface area contributed by atoms with Gasteiger partial charge in [0, 0.05) is 6.54 Å². The highest BCUT2D eigenvalue weighted by Crippen LogP contribution is 2.38. The Labute approximate surface area is 99.0 Å². The smallest absolute Gasteiger partial charge is 0.119 e. The molecule has 0 bridgehead atoms. The lowest BCUT2D eigenvalue weighted by atomic mass is 9.96. The molecule has 4 nitrogen and oxygen atoms in total. The van der Waals surface area contributed by atoms with Crippen LogP contribution >= 0.6 is 0 Å². The number of nitrogens with zero attached hydrogens (tertiary/aromatic N) is 3. The van der Waals surface area contributed by atoms with Crippen LogP contribution < -0.4 is 5.73 Å². The van der Waals surface area contributed by atoms with E-state index in [0.29, 0.717) is 12.5 Å². The van der Waals surface area contributed by atoms with Crippen molar-refractivity contribution in [3.8, 4) is 6.07 Å². The van der Waals surface area contributed by atoms with Crippen LogP contribution in [0.5, 0.6) is 0 Å². The maximum absolute atomic E-state index is 9.15. The van der Waals surface area contributed by atoms with Gasteiger partial charge in [-0.25, -0.2) is 0 Å². The molecule has 1 saturated carbocycles. The molecule has 1 unspecified atom stereocenters. The minimum atomic E-state index is -0.618. The van der Waals surface area contributed by atoms with E-state index >= 15 is 0 Å². The second-order valence-electron chi connectivity index (χ2n) is 5.32. The van der Waals surface area contributed by atoms with Crippen molar-refractivity contribution in [2.75, 3.05) is 40.8 Å². The van der Waals surface area contributed by atoms with E-state index in [1.54, 1.807) is 0 Å². The van der Waals surface area contributed by atoms with Crippen LogP contribution in [-0.4, -0.2) is 56.1 Å². The molecule has 0 aromatic heterocycles. The molecule has 1 aliphatic rings. The summed E-state index contributed by atoms with van der Waals surface area (Å²) in [6.07, 6.45) is 3.36. The van der Waals surface area contributed by atoms with Gasteiger partial charge in [-0.05, 0) is 59.4 Å². The summed E-state index contributed by atoms with van der Waals surface area (Å²) in [4.78, 5) is 4.36. The summed E-state index contributed by atoms with van der Waals surface area (Å²) < 4.78 is 0. The van der Waals surface area contributed by atoms with E-state index in [1.165, 1.54) is 0 Å². The van der Waals surface area contributed by atoms with Crippen LogP contribution in [0, 0.1) is 17.2 Å². The third-order valence-electron chi connectivity index (χ3n) is 3.19. The van der Waals surface area contributed by atoms with E-state index in [1.807, 2.05) is 0 Å². The fourth-order valence-electron chi connectivity index (χ4n) is 2.04. The first-order chi connectivity index (χ1) is 7.48. The molecule has 1 rings (SSSR count). The SMILES string of the molecule is CN(C)CCCN(C)CC(N)(C#N)C1CC1. The van der Waals surface area contributed by atoms with Gasteiger partial charge >= 0.3 is 0 Å². The Hall–Kier alpha value is -0.630. The normalized spacial score (nSPS) is 19.8. The molecule has 1 atom stereocenters. The second-order valence-corrected chi connectivity index (χ2v) is 5.32. The van der Waals surface area contributed by atoms with Crippen LogP contribution in [-0.2, 0) is 0 Å². The van der Waals surface area contributed by atoms with Crippen molar-refractivity contribution >= 4 is 0 Å². The Morgan fingerprint density at radius 2 is 1.94 bits per heavy atom. The van der Waals surface area contributed by atoms with Gasteiger partial charge in [0.15, 0.2) is 0 Å². The van der Waals surface area contributed by atoms with Crippen molar-refractivity contribution in [2.45, 2.75) is 24.8 Å². The standard InChI is InChI=1S/C12H24N4/c1-15(2)7-4-8-16(3)10-12(14,9-13)11-5-6-11/h11H,4-8,10,14H2,1-3H3. The van der Waals surface area contributed by atoms with Gasteiger partial charge in [0.05, 0.1) is 6.07 Å². The Kier molecular flexibility index (Phi) is 4.72. The Morgan fingerprint density at radius 3 is 2.38 bits per heavy atom. The average Bonchev–Trinajstić information content (AvgIpc) is 3.00. The quantitative estimate of drug-likeness (QED) is 0.684. The number of hydrogen-bond donors (Lipinski definition) is 1. The van der Waals surface area contributed by atoms with Gasteiger partial charge in [-0.15, -0.1) is 0 Å². The first-order valence-corrected chi connectivity index (χ1v) is 6.01. The molecule has 4 heteroatoms. The zero-order valence-corrected chi connectivity index (χ0v) is 10.7. The van der Waals surface area contributed by atoms with Crippen LogP contribution in [0.3, 0.4) is 0 Å². The van der Waals surface area contributed by atoms with E-state index in [2.05, 4.69) is 37.0 Å². The zero-order valence-electron chi connectivity index (χ0n) is 10.7. The molecule has 92 valence electrons. The van der Waals surface area contributed by atoms with E-state index in [0.717, 1.165) is 32.4 Å². The largest absolute Gasteiger partial charge is 0.312 e. The highest BCUT2D eigenvalue weighted by molar-refractivity contribution is 5.14. The van der Waals surface area contributed by atoms with Gasteiger partial charge in [-0.1, -0.05) is 0 Å². The number of hydrogen-bond acceptors (Lipinski definition) is 4. The van der Waals surface area contributed by atoms with Crippen molar-refractivity contribution in [1.29, 1.82) is 5.26 Å². The summed E-state index contributed by atoms with van der Waals surface area (Å²) in [5.41, 5.74) is 5.50. The van der Waals surface area contributed by atoms with Gasteiger partial charge in [0.2, 0.25) is 0 Å². The van der Waals surface area contributed by atoms with Crippen molar-refractivity contribution in [3.05, 3.63) is 0 Å². The average molecular weight is 224 g/mol. The molecule has 0 radical (unpaired) electrons. The Morgan fingerprint density at radius 1 is 1.31 bits per heavy atom. The van der Waals surface area contributed by atoms with Gasteiger partial charge in [-0.3, -0.25) is 0 Å². The van der Waals surface area contributed by atoms with Crippen LogP contribution in [0.25, 0.3) is 0 Å². The predicted octanol–water partition coefficient (Wildman–Crippen LogP) is 0.501.